The highest BCUT2D eigenvalue weighted by Gasteiger charge is 2.38. The summed E-state index contributed by atoms with van der Waals surface area (Å²) >= 11 is 0. The molecule has 1 aromatic carbocycles. The van der Waals surface area contributed by atoms with E-state index in [0.717, 1.165) is 47.4 Å². The first kappa shape index (κ1) is 31.2. The third-order valence-electron chi connectivity index (χ3n) is 7.68. The summed E-state index contributed by atoms with van der Waals surface area (Å²) in [4.78, 5) is 40.2. The molecular formula is C36H37N5O4. The summed E-state index contributed by atoms with van der Waals surface area (Å²) in [5.74, 6) is 5.19. The fraction of sp³-hybridized carbons (Fsp3) is 0.306. The number of fused-ring (bicyclic) bond motifs is 1. The van der Waals surface area contributed by atoms with Gasteiger partial charge < -0.3 is 14.8 Å². The maximum atomic E-state index is 13.6. The second-order valence-electron chi connectivity index (χ2n) is 10.7. The van der Waals surface area contributed by atoms with Crippen LogP contribution in [0.15, 0.2) is 84.0 Å². The Hall–Kier alpha value is -5.23. The molecular weight excluding hydrogens is 566 g/mol. The van der Waals surface area contributed by atoms with E-state index in [-0.39, 0.29) is 13.2 Å². The van der Waals surface area contributed by atoms with Gasteiger partial charge in [0.15, 0.2) is 12.3 Å². The second kappa shape index (κ2) is 14.5. The van der Waals surface area contributed by atoms with Crippen LogP contribution in [-0.2, 0) is 19.1 Å². The van der Waals surface area contributed by atoms with Gasteiger partial charge in [0.2, 0.25) is 0 Å². The molecule has 9 heteroatoms. The number of allylic oxidation sites excluding steroid dienone is 1. The Labute approximate surface area is 263 Å². The average molecular weight is 604 g/mol. The highest BCUT2D eigenvalue weighted by atomic mass is 16.5. The van der Waals surface area contributed by atoms with Crippen LogP contribution in [0, 0.1) is 24.7 Å². The number of dihydropyridines is 1. The van der Waals surface area contributed by atoms with E-state index in [1.165, 1.54) is 0 Å². The maximum absolute atomic E-state index is 13.6. The second-order valence-corrected chi connectivity index (χ2v) is 10.7. The van der Waals surface area contributed by atoms with Crippen molar-refractivity contribution in [3.05, 3.63) is 101 Å². The lowest BCUT2D eigenvalue weighted by Gasteiger charge is -2.31. The Kier molecular flexibility index (Phi) is 10.1. The van der Waals surface area contributed by atoms with Gasteiger partial charge in [-0.25, -0.2) is 19.6 Å². The Balaban J connectivity index is 1.49. The van der Waals surface area contributed by atoms with Gasteiger partial charge in [-0.2, -0.15) is 0 Å². The molecule has 1 atom stereocenters. The topological polar surface area (TPSA) is 108 Å². The summed E-state index contributed by atoms with van der Waals surface area (Å²) in [6, 6.07) is 15.4. The average Bonchev–Trinajstić information content (AvgIpc) is 3.39. The summed E-state index contributed by atoms with van der Waals surface area (Å²) in [6.45, 7) is 7.81. The van der Waals surface area contributed by atoms with Crippen molar-refractivity contribution in [1.29, 1.82) is 0 Å². The van der Waals surface area contributed by atoms with Gasteiger partial charge in [-0.15, -0.1) is 0 Å². The Morgan fingerprint density at radius 2 is 1.73 bits per heavy atom. The number of hydrogen-bond acceptors (Lipinski definition) is 8. The number of nitrogens with zero attached hydrogens (tertiary/aromatic N) is 4. The highest BCUT2D eigenvalue weighted by Crippen LogP contribution is 2.38. The number of carbonyl (C=O) groups is 2. The number of ether oxygens (including phenoxy) is 2. The van der Waals surface area contributed by atoms with Gasteiger partial charge in [0.1, 0.15) is 5.82 Å². The SMILES string of the molecule is CCCCCC1C(C(=O)OCC#Cc2cccnc2)=C(C)NC(c2ccc(-n3c(C)nc4ncccc43)cc2)=C1C(=O)OCC. The predicted molar refractivity (Wildman–Crippen MR) is 173 cm³/mol. The van der Waals surface area contributed by atoms with Gasteiger partial charge in [-0.1, -0.05) is 50.2 Å². The Morgan fingerprint density at radius 3 is 2.47 bits per heavy atom. The minimum absolute atomic E-state index is 0.0865. The lowest BCUT2D eigenvalue weighted by Crippen LogP contribution is -2.34. The summed E-state index contributed by atoms with van der Waals surface area (Å²) < 4.78 is 13.2. The Bertz CT molecular complexity index is 1810. The lowest BCUT2D eigenvalue weighted by molar-refractivity contribution is -0.139. The molecule has 0 spiro atoms. The van der Waals surface area contributed by atoms with Crippen molar-refractivity contribution in [2.24, 2.45) is 5.92 Å². The van der Waals surface area contributed by atoms with Crippen LogP contribution in [0.2, 0.25) is 0 Å². The fourth-order valence-electron chi connectivity index (χ4n) is 5.65. The minimum atomic E-state index is -0.505. The molecule has 1 N–H and O–H groups in total. The first-order valence-electron chi connectivity index (χ1n) is 15.3. The van der Waals surface area contributed by atoms with Crippen molar-refractivity contribution in [1.82, 2.24) is 24.8 Å². The van der Waals surface area contributed by atoms with E-state index in [4.69, 9.17) is 9.47 Å². The van der Waals surface area contributed by atoms with Gasteiger partial charge >= 0.3 is 11.9 Å². The molecule has 0 fully saturated rings. The molecule has 4 aromatic rings. The van der Waals surface area contributed by atoms with Crippen molar-refractivity contribution in [2.75, 3.05) is 13.2 Å². The largest absolute Gasteiger partial charge is 0.463 e. The van der Waals surface area contributed by atoms with E-state index in [1.54, 1.807) is 31.6 Å². The lowest BCUT2D eigenvalue weighted by atomic mass is 9.80. The van der Waals surface area contributed by atoms with Gasteiger partial charge in [0, 0.05) is 41.5 Å². The molecule has 5 rings (SSSR count). The zero-order chi connectivity index (χ0) is 31.8. The van der Waals surface area contributed by atoms with Crippen molar-refractivity contribution in [3.63, 3.8) is 0 Å². The molecule has 0 saturated carbocycles. The van der Waals surface area contributed by atoms with Crippen LogP contribution in [0.5, 0.6) is 0 Å². The number of carbonyl (C=O) groups excluding carboxylic acids is 2. The molecule has 0 bridgehead atoms. The minimum Gasteiger partial charge on any atom is -0.463 e. The molecule has 1 aliphatic heterocycles. The Morgan fingerprint density at radius 1 is 0.956 bits per heavy atom. The smallest absolute Gasteiger partial charge is 0.337 e. The molecule has 9 nitrogen and oxygen atoms in total. The molecule has 4 heterocycles. The predicted octanol–water partition coefficient (Wildman–Crippen LogP) is 6.07. The monoisotopic (exact) mass is 603 g/mol. The first-order chi connectivity index (χ1) is 21.9. The molecule has 45 heavy (non-hydrogen) atoms. The van der Waals surface area contributed by atoms with Gasteiger partial charge in [-0.3, -0.25) is 9.55 Å². The van der Waals surface area contributed by atoms with Crippen LogP contribution in [0.4, 0.5) is 0 Å². The molecule has 1 unspecified atom stereocenters. The molecule has 0 radical (unpaired) electrons. The summed E-state index contributed by atoms with van der Waals surface area (Å²) in [7, 11) is 0. The normalized spacial score (nSPS) is 14.5. The highest BCUT2D eigenvalue weighted by molar-refractivity contribution is 6.03. The van der Waals surface area contributed by atoms with Gasteiger partial charge in [-0.05, 0) is 69.2 Å². The molecule has 230 valence electrons. The molecule has 0 amide bonds. The van der Waals surface area contributed by atoms with Gasteiger partial charge in [0.25, 0.3) is 0 Å². The zero-order valence-corrected chi connectivity index (χ0v) is 26.1. The van der Waals surface area contributed by atoms with E-state index >= 15 is 0 Å². The number of esters is 2. The van der Waals surface area contributed by atoms with Crippen LogP contribution in [0.3, 0.4) is 0 Å². The van der Waals surface area contributed by atoms with Crippen LogP contribution in [0.25, 0.3) is 22.5 Å². The maximum Gasteiger partial charge on any atom is 0.337 e. The van der Waals surface area contributed by atoms with Crippen molar-refractivity contribution in [3.8, 4) is 17.5 Å². The van der Waals surface area contributed by atoms with E-state index in [0.29, 0.717) is 34.6 Å². The molecule has 3 aromatic heterocycles. The summed E-state index contributed by atoms with van der Waals surface area (Å²) in [5, 5.41) is 3.37. The van der Waals surface area contributed by atoms with E-state index in [2.05, 4.69) is 39.0 Å². The number of pyridine rings is 2. The number of nitrogens with one attached hydrogen (secondary N) is 1. The summed E-state index contributed by atoms with van der Waals surface area (Å²) in [5.41, 5.74) is 6.15. The number of benzene rings is 1. The van der Waals surface area contributed by atoms with Crippen LogP contribution in [-0.4, -0.2) is 44.7 Å². The number of aryl methyl sites for hydroxylation is 1. The van der Waals surface area contributed by atoms with Gasteiger partial charge in [0.05, 0.1) is 29.0 Å². The molecule has 1 aliphatic rings. The zero-order valence-electron chi connectivity index (χ0n) is 26.1. The van der Waals surface area contributed by atoms with E-state index in [1.807, 2.05) is 60.9 Å². The fourth-order valence-corrected chi connectivity index (χ4v) is 5.65. The number of rotatable bonds is 10. The number of hydrogen-bond donors (Lipinski definition) is 1. The van der Waals surface area contributed by atoms with Crippen molar-refractivity contribution < 1.29 is 19.1 Å². The first-order valence-corrected chi connectivity index (χ1v) is 15.3. The third-order valence-corrected chi connectivity index (χ3v) is 7.68. The quantitative estimate of drug-likeness (QED) is 0.132. The van der Waals surface area contributed by atoms with Crippen molar-refractivity contribution >= 4 is 28.8 Å². The number of unbranched alkanes of at least 4 members (excludes halogenated alkanes) is 2. The van der Waals surface area contributed by atoms with Crippen LogP contribution in [0.1, 0.15) is 63.4 Å². The van der Waals surface area contributed by atoms with E-state index < -0.39 is 17.9 Å². The molecule has 0 saturated heterocycles. The standard InChI is InChI=1S/C36H37N5O4/c1-5-7-8-14-29-31(35(42)45-22-11-13-26-12-9-20-37-23-26)24(3)39-33(32(29)36(43)44-6-2)27-16-18-28(19-17-27)41-25(4)40-34-30(41)15-10-21-38-34/h9-10,12,15-21,23,29,39H,5-8,14,22H2,1-4H3. The van der Waals surface area contributed by atoms with Crippen LogP contribution < -0.4 is 5.32 Å². The summed E-state index contributed by atoms with van der Waals surface area (Å²) in [6.07, 6.45) is 8.46. The van der Waals surface area contributed by atoms with E-state index in [9.17, 15) is 9.59 Å². The molecule has 0 aliphatic carbocycles. The number of imidazole rings is 1. The number of aromatic nitrogens is 4. The van der Waals surface area contributed by atoms with Crippen LogP contribution >= 0.6 is 0 Å². The van der Waals surface area contributed by atoms with Crippen molar-refractivity contribution in [2.45, 2.75) is 53.4 Å². The third kappa shape index (κ3) is 6.96.